The van der Waals surface area contributed by atoms with Crippen molar-refractivity contribution in [3.63, 3.8) is 0 Å². The van der Waals surface area contributed by atoms with E-state index in [1.165, 1.54) is 0 Å². The number of hydrogen-bond donors (Lipinski definition) is 1. The van der Waals surface area contributed by atoms with Crippen molar-refractivity contribution in [1.29, 1.82) is 0 Å². The zero-order chi connectivity index (χ0) is 13.1. The van der Waals surface area contributed by atoms with Gasteiger partial charge < -0.3 is 5.32 Å². The van der Waals surface area contributed by atoms with Gasteiger partial charge >= 0.3 is 0 Å². The van der Waals surface area contributed by atoms with Gasteiger partial charge in [-0.2, -0.15) is 0 Å². The van der Waals surface area contributed by atoms with Crippen LogP contribution in [0.15, 0.2) is 30.6 Å². The first-order valence-electron chi connectivity index (χ1n) is 5.87. The predicted molar refractivity (Wildman–Crippen MR) is 75.0 cm³/mol. The number of benzene rings is 1. The summed E-state index contributed by atoms with van der Waals surface area (Å²) in [6, 6.07) is 6.16. The zero-order valence-electron chi connectivity index (χ0n) is 10.7. The quantitative estimate of drug-likeness (QED) is 0.910. The molecular weight excluding hydrogens is 246 g/mol. The largest absolute Gasteiger partial charge is 0.362 e. The Bertz CT molecular complexity index is 554. The van der Waals surface area contributed by atoms with Crippen molar-refractivity contribution in [2.75, 3.05) is 5.32 Å². The number of aryl methyl sites for hydroxylation is 2. The Morgan fingerprint density at radius 1 is 1.22 bits per heavy atom. The molecule has 0 saturated heterocycles. The highest BCUT2D eigenvalue weighted by molar-refractivity contribution is 6.31. The number of hydrogen-bond acceptors (Lipinski definition) is 3. The van der Waals surface area contributed by atoms with Crippen LogP contribution in [0.1, 0.15) is 29.8 Å². The molecule has 1 N–H and O–H groups in total. The lowest BCUT2D eigenvalue weighted by Gasteiger charge is -2.16. The van der Waals surface area contributed by atoms with Gasteiger partial charge in [-0.1, -0.05) is 23.7 Å². The van der Waals surface area contributed by atoms with Gasteiger partial charge in [0.1, 0.15) is 5.82 Å². The van der Waals surface area contributed by atoms with E-state index in [1.54, 1.807) is 12.4 Å². The van der Waals surface area contributed by atoms with Crippen LogP contribution in [0.4, 0.5) is 5.82 Å². The summed E-state index contributed by atoms with van der Waals surface area (Å²) in [5, 5.41) is 4.07. The molecule has 2 rings (SSSR count). The Kier molecular flexibility index (Phi) is 3.82. The predicted octanol–water partition coefficient (Wildman–Crippen LogP) is 3.92. The Labute approximate surface area is 112 Å². The SMILES string of the molecule is Cc1ccc(C(C)Nc2cncc(C)n2)c(Cl)c1. The lowest BCUT2D eigenvalue weighted by atomic mass is 10.1. The zero-order valence-corrected chi connectivity index (χ0v) is 11.5. The van der Waals surface area contributed by atoms with Crippen molar-refractivity contribution in [2.45, 2.75) is 26.8 Å². The molecule has 0 amide bonds. The minimum absolute atomic E-state index is 0.0919. The van der Waals surface area contributed by atoms with Gasteiger partial charge in [0.15, 0.2) is 0 Å². The fourth-order valence-electron chi connectivity index (χ4n) is 1.82. The van der Waals surface area contributed by atoms with E-state index in [0.717, 1.165) is 27.7 Å². The minimum atomic E-state index is 0.0919. The third-order valence-corrected chi connectivity index (χ3v) is 3.07. The molecule has 1 aromatic heterocycles. The summed E-state index contributed by atoms with van der Waals surface area (Å²) in [6.45, 7) is 6.00. The first-order chi connectivity index (χ1) is 8.56. The normalized spacial score (nSPS) is 12.2. The molecule has 0 aliphatic rings. The second kappa shape index (κ2) is 5.36. The number of rotatable bonds is 3. The Morgan fingerprint density at radius 2 is 2.00 bits per heavy atom. The van der Waals surface area contributed by atoms with Crippen molar-refractivity contribution in [3.8, 4) is 0 Å². The molecule has 1 unspecified atom stereocenters. The lowest BCUT2D eigenvalue weighted by Crippen LogP contribution is -2.09. The van der Waals surface area contributed by atoms with Crippen molar-refractivity contribution < 1.29 is 0 Å². The van der Waals surface area contributed by atoms with Gasteiger partial charge in [0, 0.05) is 11.2 Å². The molecule has 0 aliphatic heterocycles. The van der Waals surface area contributed by atoms with Crippen LogP contribution in [0.3, 0.4) is 0 Å². The highest BCUT2D eigenvalue weighted by Crippen LogP contribution is 2.26. The van der Waals surface area contributed by atoms with E-state index in [9.17, 15) is 0 Å². The number of aromatic nitrogens is 2. The molecule has 3 nitrogen and oxygen atoms in total. The molecule has 2 aromatic rings. The molecule has 18 heavy (non-hydrogen) atoms. The van der Waals surface area contributed by atoms with E-state index in [0.29, 0.717) is 0 Å². The van der Waals surface area contributed by atoms with Gasteiger partial charge in [-0.15, -0.1) is 0 Å². The second-order valence-corrected chi connectivity index (χ2v) is 4.84. The van der Waals surface area contributed by atoms with Crippen LogP contribution < -0.4 is 5.32 Å². The fraction of sp³-hybridized carbons (Fsp3) is 0.286. The molecule has 1 heterocycles. The first kappa shape index (κ1) is 12.8. The van der Waals surface area contributed by atoms with E-state index >= 15 is 0 Å². The molecule has 0 bridgehead atoms. The second-order valence-electron chi connectivity index (χ2n) is 4.44. The smallest absolute Gasteiger partial charge is 0.145 e. The van der Waals surface area contributed by atoms with Gasteiger partial charge in [0.25, 0.3) is 0 Å². The maximum absolute atomic E-state index is 6.25. The Hall–Kier alpha value is -1.61. The van der Waals surface area contributed by atoms with Crippen molar-refractivity contribution in [3.05, 3.63) is 52.4 Å². The summed E-state index contributed by atoms with van der Waals surface area (Å²) in [5.74, 6) is 0.763. The molecule has 1 aromatic carbocycles. The van der Waals surface area contributed by atoms with E-state index in [2.05, 4.69) is 28.3 Å². The van der Waals surface area contributed by atoms with Gasteiger partial charge in [0.2, 0.25) is 0 Å². The van der Waals surface area contributed by atoms with Crippen LogP contribution in [0, 0.1) is 13.8 Å². The Balaban J connectivity index is 2.19. The van der Waals surface area contributed by atoms with Gasteiger partial charge in [-0.25, -0.2) is 4.98 Å². The van der Waals surface area contributed by atoms with E-state index in [1.807, 2.05) is 26.0 Å². The van der Waals surface area contributed by atoms with Crippen molar-refractivity contribution >= 4 is 17.4 Å². The number of nitrogens with zero attached hydrogens (tertiary/aromatic N) is 2. The van der Waals surface area contributed by atoms with Crippen LogP contribution in [-0.4, -0.2) is 9.97 Å². The highest BCUT2D eigenvalue weighted by atomic mass is 35.5. The van der Waals surface area contributed by atoms with Crippen LogP contribution >= 0.6 is 11.6 Å². The van der Waals surface area contributed by atoms with Gasteiger partial charge in [0.05, 0.1) is 17.9 Å². The molecule has 0 radical (unpaired) electrons. The monoisotopic (exact) mass is 261 g/mol. The summed E-state index contributed by atoms with van der Waals surface area (Å²) in [5.41, 5.74) is 3.11. The maximum Gasteiger partial charge on any atom is 0.145 e. The van der Waals surface area contributed by atoms with Crippen molar-refractivity contribution in [1.82, 2.24) is 9.97 Å². The third-order valence-electron chi connectivity index (χ3n) is 2.74. The summed E-state index contributed by atoms with van der Waals surface area (Å²) >= 11 is 6.25. The fourth-order valence-corrected chi connectivity index (χ4v) is 2.21. The van der Waals surface area contributed by atoms with E-state index < -0.39 is 0 Å². The maximum atomic E-state index is 6.25. The first-order valence-corrected chi connectivity index (χ1v) is 6.25. The summed E-state index contributed by atoms with van der Waals surface area (Å²) < 4.78 is 0. The third kappa shape index (κ3) is 2.99. The number of anilines is 1. The van der Waals surface area contributed by atoms with E-state index in [4.69, 9.17) is 11.6 Å². The minimum Gasteiger partial charge on any atom is -0.362 e. The van der Waals surface area contributed by atoms with Gasteiger partial charge in [-0.3, -0.25) is 4.98 Å². The van der Waals surface area contributed by atoms with E-state index in [-0.39, 0.29) is 6.04 Å². The number of halogens is 1. The Morgan fingerprint density at radius 3 is 2.67 bits per heavy atom. The standard InChI is InChI=1S/C14H16ClN3/c1-9-4-5-12(13(15)6-9)11(3)18-14-8-16-7-10(2)17-14/h4-8,11H,1-3H3,(H,17,18). The van der Waals surface area contributed by atoms with Crippen LogP contribution in [0.2, 0.25) is 5.02 Å². The molecule has 0 spiro atoms. The van der Waals surface area contributed by atoms with Crippen LogP contribution in [-0.2, 0) is 0 Å². The summed E-state index contributed by atoms with van der Waals surface area (Å²) in [6.07, 6.45) is 3.44. The summed E-state index contributed by atoms with van der Waals surface area (Å²) in [7, 11) is 0. The average Bonchev–Trinajstić information content (AvgIpc) is 2.28. The molecular formula is C14H16ClN3. The topological polar surface area (TPSA) is 37.8 Å². The van der Waals surface area contributed by atoms with Gasteiger partial charge in [-0.05, 0) is 38.0 Å². The molecule has 4 heteroatoms. The van der Waals surface area contributed by atoms with Crippen LogP contribution in [0.5, 0.6) is 0 Å². The molecule has 0 fully saturated rings. The molecule has 0 aliphatic carbocycles. The van der Waals surface area contributed by atoms with Crippen LogP contribution in [0.25, 0.3) is 0 Å². The number of nitrogens with one attached hydrogen (secondary N) is 1. The summed E-state index contributed by atoms with van der Waals surface area (Å²) in [4.78, 5) is 8.48. The molecule has 0 saturated carbocycles. The molecule has 1 atom stereocenters. The van der Waals surface area contributed by atoms with Crippen molar-refractivity contribution in [2.24, 2.45) is 0 Å². The average molecular weight is 262 g/mol. The highest BCUT2D eigenvalue weighted by Gasteiger charge is 2.10. The lowest BCUT2D eigenvalue weighted by molar-refractivity contribution is 0.868. The molecule has 94 valence electrons.